The number of fused-ring (bicyclic) bond motifs is 1. The minimum atomic E-state index is -0.584. The zero-order valence-electron chi connectivity index (χ0n) is 20.3. The Morgan fingerprint density at radius 1 is 0.914 bits per heavy atom. The van der Waals surface area contributed by atoms with E-state index >= 15 is 0 Å². The lowest BCUT2D eigenvalue weighted by atomic mass is 9.78. The van der Waals surface area contributed by atoms with Gasteiger partial charge in [0.1, 0.15) is 17.9 Å². The zero-order chi connectivity index (χ0) is 23.9. The molecule has 0 aromatic heterocycles. The number of likely N-dealkylation sites (tertiary alicyclic amines) is 1. The summed E-state index contributed by atoms with van der Waals surface area (Å²) in [7, 11) is 0. The molecule has 8 heteroatoms. The molecule has 188 valence electrons. The summed E-state index contributed by atoms with van der Waals surface area (Å²) in [4.78, 5) is 41.1. The van der Waals surface area contributed by atoms with Crippen molar-refractivity contribution in [2.24, 2.45) is 11.8 Å². The van der Waals surface area contributed by atoms with Gasteiger partial charge < -0.3 is 15.0 Å². The van der Waals surface area contributed by atoms with Crippen LogP contribution in [0.3, 0.4) is 0 Å². The van der Waals surface area contributed by atoms with Crippen LogP contribution in [0, 0.1) is 11.8 Å². The molecule has 4 aliphatic heterocycles. The molecular formula is C27H36N4O4. The maximum absolute atomic E-state index is 13.0. The first-order valence-corrected chi connectivity index (χ1v) is 13.5. The second-order valence-corrected chi connectivity index (χ2v) is 11.0. The molecule has 0 radical (unpaired) electrons. The van der Waals surface area contributed by atoms with Gasteiger partial charge >= 0.3 is 0 Å². The molecule has 3 atom stereocenters. The number of hydrogen-bond acceptors (Lipinski definition) is 6. The van der Waals surface area contributed by atoms with E-state index in [2.05, 4.69) is 15.5 Å². The minimum Gasteiger partial charge on any atom is -0.489 e. The number of piperidine rings is 2. The Labute approximate surface area is 206 Å². The van der Waals surface area contributed by atoms with Crippen LogP contribution in [0.1, 0.15) is 67.3 Å². The molecule has 3 saturated heterocycles. The lowest BCUT2D eigenvalue weighted by molar-refractivity contribution is -0.136. The molecule has 4 heterocycles. The van der Waals surface area contributed by atoms with Gasteiger partial charge in [-0.05, 0) is 87.2 Å². The number of carbonyl (C=O) groups is 3. The van der Waals surface area contributed by atoms with E-state index < -0.39 is 6.04 Å². The van der Waals surface area contributed by atoms with Crippen LogP contribution < -0.4 is 15.4 Å². The van der Waals surface area contributed by atoms with Gasteiger partial charge in [-0.3, -0.25) is 24.6 Å². The van der Waals surface area contributed by atoms with Crippen LogP contribution in [-0.2, 0) is 16.1 Å². The van der Waals surface area contributed by atoms with Crippen molar-refractivity contribution >= 4 is 17.7 Å². The molecule has 8 nitrogen and oxygen atoms in total. The van der Waals surface area contributed by atoms with E-state index in [0.717, 1.165) is 42.7 Å². The summed E-state index contributed by atoms with van der Waals surface area (Å²) >= 11 is 0. The Bertz CT molecular complexity index is 1000. The van der Waals surface area contributed by atoms with Crippen LogP contribution in [0.5, 0.6) is 5.75 Å². The molecule has 1 saturated carbocycles. The predicted octanol–water partition coefficient (Wildman–Crippen LogP) is 2.07. The van der Waals surface area contributed by atoms with Crippen molar-refractivity contribution in [3.63, 3.8) is 0 Å². The number of ether oxygens (including phenoxy) is 1. The van der Waals surface area contributed by atoms with E-state index in [4.69, 9.17) is 4.74 Å². The number of nitrogens with zero attached hydrogens (tertiary/aromatic N) is 2. The molecule has 1 aromatic rings. The molecule has 2 N–H and O–H groups in total. The number of carbonyl (C=O) groups excluding carboxylic acids is 3. The van der Waals surface area contributed by atoms with Gasteiger partial charge in [0.2, 0.25) is 11.8 Å². The van der Waals surface area contributed by atoms with Gasteiger partial charge in [0.15, 0.2) is 0 Å². The van der Waals surface area contributed by atoms with E-state index in [-0.39, 0.29) is 30.2 Å². The molecule has 5 aliphatic rings. The maximum Gasteiger partial charge on any atom is 0.255 e. The highest BCUT2D eigenvalue weighted by atomic mass is 16.5. The van der Waals surface area contributed by atoms with E-state index in [1.807, 2.05) is 18.2 Å². The van der Waals surface area contributed by atoms with Crippen LogP contribution in [0.4, 0.5) is 0 Å². The summed E-state index contributed by atoms with van der Waals surface area (Å²) < 4.78 is 6.58. The highest BCUT2D eigenvalue weighted by molar-refractivity contribution is 6.05. The van der Waals surface area contributed by atoms with Crippen molar-refractivity contribution in [1.82, 2.24) is 20.4 Å². The number of rotatable bonds is 5. The number of hydrogen-bond donors (Lipinski definition) is 2. The lowest BCUT2D eigenvalue weighted by Crippen LogP contribution is -2.60. The third kappa shape index (κ3) is 4.47. The average molecular weight is 481 g/mol. The molecule has 0 spiro atoms. The SMILES string of the molecule is O=C1CCC(N2Cc3cc(O[C@H]4CCCC[C@@H]4N4CC(C5CCNCC5)C4)ccc3C2=O)C(=O)N1. The molecule has 3 amide bonds. The van der Waals surface area contributed by atoms with Gasteiger partial charge in [-0.2, -0.15) is 0 Å². The average Bonchev–Trinajstić information content (AvgIpc) is 3.15. The first-order valence-electron chi connectivity index (χ1n) is 13.5. The number of imide groups is 1. The van der Waals surface area contributed by atoms with E-state index in [1.165, 1.54) is 45.2 Å². The minimum absolute atomic E-state index is 0.138. The Kier molecular flexibility index (Phi) is 6.26. The standard InChI is InChI=1S/C27H36N4O4/c32-25-8-7-23(26(33)29-25)31-16-18-13-20(5-6-21(18)27(31)34)35-24-4-2-1-3-22(24)30-14-19(15-30)17-9-11-28-12-10-17/h5-6,13,17,19,22-24,28H,1-4,7-12,14-16H2,(H,29,32,33)/t22-,23?,24-/m0/s1. The number of amides is 3. The van der Waals surface area contributed by atoms with Gasteiger partial charge in [0.25, 0.3) is 5.91 Å². The molecule has 1 aromatic carbocycles. The fraction of sp³-hybridized carbons (Fsp3) is 0.667. The summed E-state index contributed by atoms with van der Waals surface area (Å²) in [5, 5.41) is 5.85. The summed E-state index contributed by atoms with van der Waals surface area (Å²) in [6.45, 7) is 5.12. The van der Waals surface area contributed by atoms with E-state index in [9.17, 15) is 14.4 Å². The van der Waals surface area contributed by atoms with Gasteiger partial charge in [-0.25, -0.2) is 0 Å². The summed E-state index contributed by atoms with van der Waals surface area (Å²) in [5.74, 6) is 1.75. The summed E-state index contributed by atoms with van der Waals surface area (Å²) in [5.41, 5.74) is 1.54. The Balaban J connectivity index is 1.10. The topological polar surface area (TPSA) is 91.0 Å². The van der Waals surface area contributed by atoms with Crippen molar-refractivity contribution in [3.05, 3.63) is 29.3 Å². The van der Waals surface area contributed by atoms with Crippen LogP contribution >= 0.6 is 0 Å². The van der Waals surface area contributed by atoms with Crippen molar-refractivity contribution in [1.29, 1.82) is 0 Å². The van der Waals surface area contributed by atoms with Crippen LogP contribution in [0.2, 0.25) is 0 Å². The Morgan fingerprint density at radius 2 is 1.71 bits per heavy atom. The lowest BCUT2D eigenvalue weighted by Gasteiger charge is -2.51. The van der Waals surface area contributed by atoms with Gasteiger partial charge in [0.05, 0.1) is 0 Å². The number of benzene rings is 1. The highest BCUT2D eigenvalue weighted by Crippen LogP contribution is 2.37. The second kappa shape index (κ2) is 9.54. The molecule has 6 rings (SSSR count). The van der Waals surface area contributed by atoms with Gasteiger partial charge in [-0.15, -0.1) is 0 Å². The fourth-order valence-corrected chi connectivity index (χ4v) is 6.86. The largest absolute Gasteiger partial charge is 0.489 e. The third-order valence-electron chi connectivity index (χ3n) is 8.91. The normalized spacial score (nSPS) is 30.7. The van der Waals surface area contributed by atoms with Crippen molar-refractivity contribution in [2.45, 2.75) is 76.1 Å². The summed E-state index contributed by atoms with van der Waals surface area (Å²) in [6.07, 6.45) is 8.17. The van der Waals surface area contributed by atoms with Crippen LogP contribution in [0.25, 0.3) is 0 Å². The first-order chi connectivity index (χ1) is 17.1. The second-order valence-electron chi connectivity index (χ2n) is 11.0. The molecule has 0 bridgehead atoms. The Hall–Kier alpha value is -2.45. The van der Waals surface area contributed by atoms with Crippen molar-refractivity contribution in [3.8, 4) is 5.75 Å². The Morgan fingerprint density at radius 3 is 2.51 bits per heavy atom. The molecule has 1 unspecified atom stereocenters. The molecule has 35 heavy (non-hydrogen) atoms. The van der Waals surface area contributed by atoms with Gasteiger partial charge in [0, 0.05) is 37.7 Å². The molecule has 4 fully saturated rings. The highest BCUT2D eigenvalue weighted by Gasteiger charge is 2.42. The first kappa shape index (κ1) is 23.0. The quantitative estimate of drug-likeness (QED) is 0.627. The predicted molar refractivity (Wildman–Crippen MR) is 130 cm³/mol. The van der Waals surface area contributed by atoms with Gasteiger partial charge in [-0.1, -0.05) is 6.42 Å². The van der Waals surface area contributed by atoms with Crippen LogP contribution in [0.15, 0.2) is 18.2 Å². The van der Waals surface area contributed by atoms with Crippen molar-refractivity contribution < 1.29 is 19.1 Å². The number of nitrogens with one attached hydrogen (secondary N) is 2. The van der Waals surface area contributed by atoms with E-state index in [1.54, 1.807) is 4.90 Å². The van der Waals surface area contributed by atoms with E-state index in [0.29, 0.717) is 24.6 Å². The fourth-order valence-electron chi connectivity index (χ4n) is 6.86. The van der Waals surface area contributed by atoms with Crippen LogP contribution in [-0.4, -0.2) is 71.9 Å². The maximum atomic E-state index is 13.0. The molecular weight excluding hydrogens is 444 g/mol. The third-order valence-corrected chi connectivity index (χ3v) is 8.91. The van der Waals surface area contributed by atoms with Crippen molar-refractivity contribution in [2.75, 3.05) is 26.2 Å². The zero-order valence-corrected chi connectivity index (χ0v) is 20.3. The molecule has 1 aliphatic carbocycles. The smallest absolute Gasteiger partial charge is 0.255 e. The summed E-state index contributed by atoms with van der Waals surface area (Å²) in [6, 6.07) is 5.62. The monoisotopic (exact) mass is 480 g/mol.